The van der Waals surface area contributed by atoms with E-state index < -0.39 is 26.9 Å². The molecule has 11 heteroatoms. The third-order valence-electron chi connectivity index (χ3n) is 6.13. The van der Waals surface area contributed by atoms with Crippen molar-refractivity contribution in [2.75, 3.05) is 29.9 Å². The second-order valence-corrected chi connectivity index (χ2v) is 13.0. The molecule has 0 unspecified atom stereocenters. The van der Waals surface area contributed by atoms with Gasteiger partial charge >= 0.3 is 0 Å². The number of rotatable bonds is 8. The predicted molar refractivity (Wildman–Crippen MR) is 149 cm³/mol. The van der Waals surface area contributed by atoms with Crippen LogP contribution in [0.25, 0.3) is 11.3 Å². The Morgan fingerprint density at radius 3 is 2.53 bits per heavy atom. The highest BCUT2D eigenvalue weighted by molar-refractivity contribution is 7.92. The van der Waals surface area contributed by atoms with Crippen LogP contribution in [0.3, 0.4) is 0 Å². The average molecular weight is 557 g/mol. The Balaban J connectivity index is 1.36. The molecule has 2 N–H and O–H groups in total. The minimum atomic E-state index is -3.51. The Morgan fingerprint density at radius 1 is 1.11 bits per heavy atom. The van der Waals surface area contributed by atoms with Gasteiger partial charge in [0, 0.05) is 35.3 Å². The van der Waals surface area contributed by atoms with E-state index in [0.29, 0.717) is 5.13 Å². The topological polar surface area (TPSA) is 118 Å². The number of nitrogens with one attached hydrogen (secondary N) is 2. The molecular formula is C27H32N4O5S2. The van der Waals surface area contributed by atoms with Crippen molar-refractivity contribution < 1.29 is 22.7 Å². The van der Waals surface area contributed by atoms with Crippen molar-refractivity contribution >= 4 is 43.8 Å². The molecule has 2 heterocycles. The van der Waals surface area contributed by atoms with Crippen LogP contribution in [0.15, 0.2) is 58.8 Å². The summed E-state index contributed by atoms with van der Waals surface area (Å²) in [7, 11) is -3.51. The molecule has 0 spiro atoms. The number of aromatic nitrogens is 1. The van der Waals surface area contributed by atoms with Crippen molar-refractivity contribution in [2.24, 2.45) is 0 Å². The van der Waals surface area contributed by atoms with Crippen LogP contribution >= 0.6 is 11.3 Å². The van der Waals surface area contributed by atoms with Crippen LogP contribution in [-0.2, 0) is 19.4 Å². The van der Waals surface area contributed by atoms with E-state index >= 15 is 0 Å². The maximum absolute atomic E-state index is 12.5. The summed E-state index contributed by atoms with van der Waals surface area (Å²) in [5.74, 6) is -0.973. The van der Waals surface area contributed by atoms with Gasteiger partial charge in [0.1, 0.15) is 0 Å². The molecule has 2 atom stereocenters. The number of anilines is 2. The van der Waals surface area contributed by atoms with Crippen molar-refractivity contribution in [2.45, 2.75) is 50.0 Å². The molecule has 1 aromatic heterocycles. The van der Waals surface area contributed by atoms with Crippen LogP contribution < -0.4 is 15.5 Å². The first kappa shape index (κ1) is 27.7. The molecule has 1 saturated heterocycles. The lowest BCUT2D eigenvalue weighted by Crippen LogP contribution is -2.45. The molecule has 1 aliphatic heterocycles. The second kappa shape index (κ2) is 11.6. The normalized spacial score (nSPS) is 17.9. The first-order valence-electron chi connectivity index (χ1n) is 12.4. The molecule has 3 aromatic rings. The van der Waals surface area contributed by atoms with Gasteiger partial charge in [0.15, 0.2) is 15.0 Å². The molecular weight excluding hydrogens is 524 g/mol. The fraction of sp³-hybridized carbons (Fsp3) is 0.370. The zero-order valence-electron chi connectivity index (χ0n) is 21.8. The zero-order chi connectivity index (χ0) is 27.4. The van der Waals surface area contributed by atoms with E-state index in [1.165, 1.54) is 35.6 Å². The van der Waals surface area contributed by atoms with Crippen LogP contribution in [0.5, 0.6) is 0 Å². The summed E-state index contributed by atoms with van der Waals surface area (Å²) < 4.78 is 30.6. The van der Waals surface area contributed by atoms with E-state index in [1.54, 1.807) is 13.8 Å². The highest BCUT2D eigenvalue weighted by Gasteiger charge is 2.23. The van der Waals surface area contributed by atoms with Crippen molar-refractivity contribution in [1.82, 2.24) is 10.3 Å². The number of amides is 2. The Labute approximate surface area is 227 Å². The molecule has 0 radical (unpaired) electrons. The number of morpholine rings is 1. The smallest absolute Gasteiger partial charge is 0.251 e. The molecule has 1 aliphatic rings. The average Bonchev–Trinajstić information content (AvgIpc) is 3.35. The third-order valence-corrected chi connectivity index (χ3v) is 9.04. The van der Waals surface area contributed by atoms with Crippen LogP contribution in [0.2, 0.25) is 0 Å². The quantitative estimate of drug-likeness (QED) is 0.431. The lowest BCUT2D eigenvalue weighted by atomic mass is 10.1. The van der Waals surface area contributed by atoms with Crippen LogP contribution in [0.4, 0.5) is 10.8 Å². The van der Waals surface area contributed by atoms with Crippen molar-refractivity contribution in [3.63, 3.8) is 0 Å². The highest BCUT2D eigenvalue weighted by Crippen LogP contribution is 2.29. The van der Waals surface area contributed by atoms with Gasteiger partial charge in [-0.2, -0.15) is 0 Å². The van der Waals surface area contributed by atoms with Gasteiger partial charge in [-0.05, 0) is 58.0 Å². The fourth-order valence-electron chi connectivity index (χ4n) is 4.23. The first-order valence-corrected chi connectivity index (χ1v) is 14.8. The molecule has 202 valence electrons. The minimum Gasteiger partial charge on any atom is -0.372 e. The summed E-state index contributed by atoms with van der Waals surface area (Å²) in [5.41, 5.74) is 2.94. The largest absolute Gasteiger partial charge is 0.372 e. The van der Waals surface area contributed by atoms with Gasteiger partial charge in [-0.15, -0.1) is 11.3 Å². The van der Waals surface area contributed by atoms with E-state index in [9.17, 15) is 18.0 Å². The van der Waals surface area contributed by atoms with Gasteiger partial charge < -0.3 is 20.3 Å². The van der Waals surface area contributed by atoms with Gasteiger partial charge in [0.25, 0.3) is 5.91 Å². The second-order valence-electron chi connectivity index (χ2n) is 9.60. The number of hydrogen-bond donors (Lipinski definition) is 2. The van der Waals surface area contributed by atoms with E-state index in [1.807, 2.05) is 17.5 Å². The number of thiazole rings is 1. The molecule has 0 saturated carbocycles. The monoisotopic (exact) mass is 556 g/mol. The molecule has 2 aromatic carbocycles. The van der Waals surface area contributed by atoms with E-state index in [2.05, 4.69) is 46.5 Å². The number of carbonyl (C=O) groups excluding carboxylic acids is 2. The zero-order valence-corrected chi connectivity index (χ0v) is 23.4. The maximum Gasteiger partial charge on any atom is 0.251 e. The summed E-state index contributed by atoms with van der Waals surface area (Å²) in [5, 5.41) is 6.93. The van der Waals surface area contributed by atoms with Crippen molar-refractivity contribution in [3.05, 3.63) is 59.5 Å². The minimum absolute atomic E-state index is 0.0710. The standard InChI is InChI=1S/C27H32N4O5S2/c1-17(2)38(34,35)23-10-6-8-21(12-23)26(33)28-13-25(32)30-27-29-24(16-37-27)20-7-5-9-22(11-20)31-14-18(3)36-19(4)15-31/h5-12,16-19H,13-15H2,1-4H3,(H,28,33)(H,29,30,32)/t18-,19+. The van der Waals surface area contributed by atoms with Gasteiger partial charge in [-0.25, -0.2) is 13.4 Å². The van der Waals surface area contributed by atoms with Gasteiger partial charge in [-0.1, -0.05) is 18.2 Å². The maximum atomic E-state index is 12.5. The summed E-state index contributed by atoms with van der Waals surface area (Å²) >= 11 is 1.30. The molecule has 0 aliphatic carbocycles. The molecule has 9 nitrogen and oxygen atoms in total. The fourth-order valence-corrected chi connectivity index (χ4v) is 6.07. The molecule has 1 fully saturated rings. The van der Waals surface area contributed by atoms with Crippen molar-refractivity contribution in [1.29, 1.82) is 0 Å². The SMILES string of the molecule is CC(C)S(=O)(=O)c1cccc(C(=O)NCC(=O)Nc2nc(-c3cccc(N4C[C@@H](C)O[C@@H](C)C4)c3)cs2)c1. The first-order chi connectivity index (χ1) is 18.0. The number of hydrogen-bond acceptors (Lipinski definition) is 8. The van der Waals surface area contributed by atoms with Gasteiger partial charge in [0.05, 0.1) is 34.6 Å². The summed E-state index contributed by atoms with van der Waals surface area (Å²) in [6, 6.07) is 13.9. The summed E-state index contributed by atoms with van der Waals surface area (Å²) in [6.45, 7) is 8.65. The van der Waals surface area contributed by atoms with Gasteiger partial charge in [0.2, 0.25) is 5.91 Å². The van der Waals surface area contributed by atoms with E-state index in [-0.39, 0.29) is 29.2 Å². The number of sulfone groups is 1. The number of nitrogens with zero attached hydrogens (tertiary/aromatic N) is 2. The Morgan fingerprint density at radius 2 is 1.82 bits per heavy atom. The van der Waals surface area contributed by atoms with Crippen molar-refractivity contribution in [3.8, 4) is 11.3 Å². The molecule has 4 rings (SSSR count). The molecule has 2 amide bonds. The summed E-state index contributed by atoms with van der Waals surface area (Å²) in [6.07, 6.45) is 0.307. The van der Waals surface area contributed by atoms with E-state index in [0.717, 1.165) is 30.0 Å². The van der Waals surface area contributed by atoms with Gasteiger partial charge in [-0.3, -0.25) is 9.59 Å². The van der Waals surface area contributed by atoms with Crippen LogP contribution in [0.1, 0.15) is 38.1 Å². The molecule has 38 heavy (non-hydrogen) atoms. The third kappa shape index (κ3) is 6.58. The Kier molecular flexibility index (Phi) is 8.49. The number of ether oxygens (including phenoxy) is 1. The number of benzene rings is 2. The van der Waals surface area contributed by atoms with Crippen LogP contribution in [0, 0.1) is 0 Å². The summed E-state index contributed by atoms with van der Waals surface area (Å²) in [4.78, 5) is 31.9. The highest BCUT2D eigenvalue weighted by atomic mass is 32.2. The Bertz CT molecular complexity index is 1410. The molecule has 0 bridgehead atoms. The lowest BCUT2D eigenvalue weighted by Gasteiger charge is -2.37. The van der Waals surface area contributed by atoms with E-state index in [4.69, 9.17) is 4.74 Å². The predicted octanol–water partition coefficient (Wildman–Crippen LogP) is 3.97. The Hall–Kier alpha value is -3.28. The number of carbonyl (C=O) groups is 2. The lowest BCUT2D eigenvalue weighted by molar-refractivity contribution is -0.115. The van der Waals surface area contributed by atoms with Crippen LogP contribution in [-0.4, -0.2) is 62.3 Å².